The Kier molecular flexibility index (Phi) is 2.32. The summed E-state index contributed by atoms with van der Waals surface area (Å²) in [5.41, 5.74) is 5.30. The predicted molar refractivity (Wildman–Crippen MR) is 47.5 cm³/mol. The van der Waals surface area contributed by atoms with Gasteiger partial charge in [0.2, 0.25) is 5.89 Å². The Bertz CT molecular complexity index is 400. The van der Waals surface area contributed by atoms with Crippen LogP contribution in [0.25, 0.3) is 0 Å². The van der Waals surface area contributed by atoms with Crippen LogP contribution in [0.3, 0.4) is 0 Å². The molecular weight excluding hydrogens is 184 g/mol. The minimum atomic E-state index is 0.217. The molecule has 0 amide bonds. The first-order valence-electron chi connectivity index (χ1n) is 3.95. The maximum absolute atomic E-state index is 5.30. The molecule has 0 aliphatic rings. The summed E-state index contributed by atoms with van der Waals surface area (Å²) in [5.74, 6) is 0.913. The molecule has 2 aromatic rings. The van der Waals surface area contributed by atoms with E-state index in [2.05, 4.69) is 25.7 Å². The number of nitrogens with zero attached hydrogens (tertiary/aromatic N) is 4. The van der Waals surface area contributed by atoms with Crippen LogP contribution in [0.4, 0.5) is 11.8 Å². The Balaban J connectivity index is 2.11. The average Bonchev–Trinajstić information content (AvgIpc) is 2.67. The van der Waals surface area contributed by atoms with Crippen LogP contribution < -0.4 is 11.1 Å². The fraction of sp³-hybridized carbons (Fsp3) is 0.143. The van der Waals surface area contributed by atoms with Gasteiger partial charge in [0, 0.05) is 6.20 Å². The molecule has 7 heteroatoms. The zero-order valence-corrected chi connectivity index (χ0v) is 7.21. The lowest BCUT2D eigenvalue weighted by molar-refractivity contribution is 0.511. The Morgan fingerprint density at radius 1 is 1.36 bits per heavy atom. The van der Waals surface area contributed by atoms with Gasteiger partial charge in [0.15, 0.2) is 5.82 Å². The van der Waals surface area contributed by atoms with E-state index in [-0.39, 0.29) is 12.6 Å². The van der Waals surface area contributed by atoms with Gasteiger partial charge in [-0.3, -0.25) is 5.32 Å². The van der Waals surface area contributed by atoms with Crippen molar-refractivity contribution in [3.8, 4) is 0 Å². The maximum Gasteiger partial charge on any atom is 0.321 e. The monoisotopic (exact) mass is 192 g/mol. The van der Waals surface area contributed by atoms with E-state index in [9.17, 15) is 0 Å². The SMILES string of the molecule is NCc1nnc(Nc2cccnn2)o1. The van der Waals surface area contributed by atoms with Crippen LogP contribution in [0.15, 0.2) is 22.7 Å². The molecule has 7 nitrogen and oxygen atoms in total. The molecule has 2 heterocycles. The minimum absolute atomic E-state index is 0.217. The summed E-state index contributed by atoms with van der Waals surface area (Å²) in [6, 6.07) is 3.74. The molecule has 0 saturated heterocycles. The molecule has 0 radical (unpaired) electrons. The quantitative estimate of drug-likeness (QED) is 0.708. The zero-order valence-electron chi connectivity index (χ0n) is 7.21. The summed E-state index contributed by atoms with van der Waals surface area (Å²) in [4.78, 5) is 0. The molecule has 0 saturated carbocycles. The molecule has 0 atom stereocenters. The van der Waals surface area contributed by atoms with E-state index in [0.717, 1.165) is 0 Å². The van der Waals surface area contributed by atoms with Crippen molar-refractivity contribution in [1.29, 1.82) is 0 Å². The molecule has 0 spiro atoms. The van der Waals surface area contributed by atoms with Crippen molar-refractivity contribution in [3.05, 3.63) is 24.2 Å². The Morgan fingerprint density at radius 2 is 2.29 bits per heavy atom. The molecule has 2 rings (SSSR count). The Labute approximate surface area is 79.4 Å². The van der Waals surface area contributed by atoms with Gasteiger partial charge in [0.25, 0.3) is 0 Å². The standard InChI is InChI=1S/C7H8N6O/c8-4-6-12-13-7(14-6)10-5-2-1-3-9-11-5/h1-3H,4,8H2,(H,10,11,13). The van der Waals surface area contributed by atoms with Gasteiger partial charge in [-0.2, -0.15) is 5.10 Å². The molecular formula is C7H8N6O. The first-order valence-corrected chi connectivity index (χ1v) is 3.95. The fourth-order valence-electron chi connectivity index (χ4n) is 0.864. The molecule has 0 unspecified atom stereocenters. The lowest BCUT2D eigenvalue weighted by Crippen LogP contribution is -1.95. The van der Waals surface area contributed by atoms with Crippen molar-refractivity contribution in [2.75, 3.05) is 5.32 Å². The summed E-state index contributed by atoms with van der Waals surface area (Å²) in [6.07, 6.45) is 1.57. The van der Waals surface area contributed by atoms with Crippen LogP contribution in [0, 0.1) is 0 Å². The number of nitrogens with one attached hydrogen (secondary N) is 1. The van der Waals surface area contributed by atoms with Crippen molar-refractivity contribution in [3.63, 3.8) is 0 Å². The summed E-state index contributed by atoms with van der Waals surface area (Å²) in [5, 5.41) is 17.6. The van der Waals surface area contributed by atoms with Gasteiger partial charge in [-0.15, -0.1) is 10.2 Å². The second kappa shape index (κ2) is 3.79. The van der Waals surface area contributed by atoms with Gasteiger partial charge < -0.3 is 10.2 Å². The minimum Gasteiger partial charge on any atom is -0.406 e. The average molecular weight is 192 g/mol. The largest absolute Gasteiger partial charge is 0.406 e. The molecule has 14 heavy (non-hydrogen) atoms. The number of anilines is 2. The second-order valence-corrected chi connectivity index (χ2v) is 2.44. The molecule has 2 aromatic heterocycles. The summed E-state index contributed by atoms with van der Waals surface area (Å²) >= 11 is 0. The number of rotatable bonds is 3. The lowest BCUT2D eigenvalue weighted by Gasteiger charge is -1.96. The third-order valence-electron chi connectivity index (χ3n) is 1.45. The van der Waals surface area contributed by atoms with Crippen LogP contribution in [-0.4, -0.2) is 20.4 Å². The van der Waals surface area contributed by atoms with Crippen molar-refractivity contribution in [2.45, 2.75) is 6.54 Å². The Morgan fingerprint density at radius 3 is 2.93 bits per heavy atom. The highest BCUT2D eigenvalue weighted by molar-refractivity contribution is 5.43. The highest BCUT2D eigenvalue weighted by Crippen LogP contribution is 2.10. The third kappa shape index (κ3) is 1.83. The van der Waals surface area contributed by atoms with E-state index in [0.29, 0.717) is 11.7 Å². The molecule has 0 aromatic carbocycles. The number of aromatic nitrogens is 4. The molecule has 0 aliphatic carbocycles. The van der Waals surface area contributed by atoms with Crippen molar-refractivity contribution >= 4 is 11.8 Å². The van der Waals surface area contributed by atoms with Crippen LogP contribution in [-0.2, 0) is 6.54 Å². The van der Waals surface area contributed by atoms with Crippen LogP contribution in [0.1, 0.15) is 5.89 Å². The fourth-order valence-corrected chi connectivity index (χ4v) is 0.864. The van der Waals surface area contributed by atoms with E-state index in [1.807, 2.05) is 0 Å². The van der Waals surface area contributed by atoms with Gasteiger partial charge in [-0.1, -0.05) is 5.10 Å². The second-order valence-electron chi connectivity index (χ2n) is 2.44. The Hall–Kier alpha value is -2.02. The summed E-state index contributed by atoms with van der Waals surface area (Å²) in [6.45, 7) is 0.217. The van der Waals surface area contributed by atoms with E-state index < -0.39 is 0 Å². The number of nitrogens with two attached hydrogens (primary N) is 1. The molecule has 72 valence electrons. The van der Waals surface area contributed by atoms with Gasteiger partial charge in [0.1, 0.15) is 0 Å². The van der Waals surface area contributed by atoms with E-state index in [1.54, 1.807) is 18.3 Å². The molecule has 0 fully saturated rings. The first-order chi connectivity index (χ1) is 6.88. The summed E-state index contributed by atoms with van der Waals surface area (Å²) < 4.78 is 5.11. The predicted octanol–water partition coefficient (Wildman–Crippen LogP) is 0.0619. The first kappa shape index (κ1) is 8.57. The van der Waals surface area contributed by atoms with Crippen molar-refractivity contribution in [2.24, 2.45) is 5.73 Å². The molecule has 0 aliphatic heterocycles. The van der Waals surface area contributed by atoms with Gasteiger partial charge in [0.05, 0.1) is 6.54 Å². The van der Waals surface area contributed by atoms with Crippen LogP contribution >= 0.6 is 0 Å². The number of hydrogen-bond acceptors (Lipinski definition) is 7. The van der Waals surface area contributed by atoms with E-state index in [1.165, 1.54) is 0 Å². The van der Waals surface area contributed by atoms with Gasteiger partial charge in [-0.25, -0.2) is 0 Å². The van der Waals surface area contributed by atoms with Crippen LogP contribution in [0.5, 0.6) is 0 Å². The third-order valence-corrected chi connectivity index (χ3v) is 1.45. The van der Waals surface area contributed by atoms with E-state index in [4.69, 9.17) is 10.2 Å². The summed E-state index contributed by atoms with van der Waals surface area (Å²) in [7, 11) is 0. The van der Waals surface area contributed by atoms with Gasteiger partial charge in [-0.05, 0) is 12.1 Å². The topological polar surface area (TPSA) is 103 Å². The van der Waals surface area contributed by atoms with E-state index >= 15 is 0 Å². The highest BCUT2D eigenvalue weighted by Gasteiger charge is 2.04. The van der Waals surface area contributed by atoms with Crippen molar-refractivity contribution < 1.29 is 4.42 Å². The lowest BCUT2D eigenvalue weighted by atomic mass is 10.5. The molecule has 0 bridgehead atoms. The number of hydrogen-bond donors (Lipinski definition) is 2. The highest BCUT2D eigenvalue weighted by atomic mass is 16.4. The zero-order chi connectivity index (χ0) is 9.80. The smallest absolute Gasteiger partial charge is 0.321 e. The normalized spacial score (nSPS) is 10.1. The molecule has 3 N–H and O–H groups in total. The maximum atomic E-state index is 5.30. The van der Waals surface area contributed by atoms with Crippen LogP contribution in [0.2, 0.25) is 0 Å². The van der Waals surface area contributed by atoms with Crippen molar-refractivity contribution in [1.82, 2.24) is 20.4 Å². The van der Waals surface area contributed by atoms with Gasteiger partial charge >= 0.3 is 6.01 Å².